The topological polar surface area (TPSA) is 27.7 Å². The molecule has 3 nitrogen and oxygen atoms in total. The molecule has 92 valence electrons. The molecule has 0 radical (unpaired) electrons. The predicted octanol–water partition coefficient (Wildman–Crippen LogP) is 3.31. The molecule has 0 saturated carbocycles. The standard InChI is InChI=1S/C14H18O3/c1-9-10-7-5-6-8-11(10)14(13(2,3)4)15-12(9)16-17-14/h5-9,12H,1-4H3/t9-,12-,14-/m1/s1. The minimum Gasteiger partial charge on any atom is -0.310 e. The lowest BCUT2D eigenvalue weighted by Gasteiger charge is -2.42. The van der Waals surface area contributed by atoms with E-state index in [-0.39, 0.29) is 17.6 Å². The van der Waals surface area contributed by atoms with E-state index in [2.05, 4.69) is 45.9 Å². The van der Waals surface area contributed by atoms with Crippen LogP contribution in [0.3, 0.4) is 0 Å². The SMILES string of the molecule is C[C@@H]1c2ccccc2[C@]2(C(C)(C)C)OO[C@H]1O2. The molecular weight excluding hydrogens is 216 g/mol. The van der Waals surface area contributed by atoms with E-state index in [9.17, 15) is 0 Å². The van der Waals surface area contributed by atoms with E-state index in [4.69, 9.17) is 14.5 Å². The number of ether oxygens (including phenoxy) is 1. The predicted molar refractivity (Wildman–Crippen MR) is 63.0 cm³/mol. The van der Waals surface area contributed by atoms with E-state index in [1.54, 1.807) is 0 Å². The first kappa shape index (κ1) is 11.2. The van der Waals surface area contributed by atoms with Crippen molar-refractivity contribution in [2.45, 2.75) is 45.7 Å². The molecule has 3 heteroatoms. The highest BCUT2D eigenvalue weighted by atomic mass is 17.3. The van der Waals surface area contributed by atoms with Crippen LogP contribution in [-0.4, -0.2) is 6.29 Å². The zero-order valence-corrected chi connectivity index (χ0v) is 10.7. The van der Waals surface area contributed by atoms with Gasteiger partial charge in [0.2, 0.25) is 12.1 Å². The van der Waals surface area contributed by atoms with Crippen molar-refractivity contribution in [3.8, 4) is 0 Å². The summed E-state index contributed by atoms with van der Waals surface area (Å²) in [5.74, 6) is -0.579. The molecule has 17 heavy (non-hydrogen) atoms. The Bertz CT molecular complexity index is 449. The van der Waals surface area contributed by atoms with Gasteiger partial charge in [0.05, 0.1) is 0 Å². The van der Waals surface area contributed by atoms with Crippen molar-refractivity contribution in [3.63, 3.8) is 0 Å². The summed E-state index contributed by atoms with van der Waals surface area (Å²) in [6.07, 6.45) is -0.302. The lowest BCUT2D eigenvalue weighted by atomic mass is 9.76. The van der Waals surface area contributed by atoms with Gasteiger partial charge >= 0.3 is 0 Å². The first-order chi connectivity index (χ1) is 7.96. The third-order valence-corrected chi connectivity index (χ3v) is 3.74. The second-order valence-electron chi connectivity index (χ2n) is 5.91. The van der Waals surface area contributed by atoms with Crippen LogP contribution in [0.25, 0.3) is 0 Å². The highest BCUT2D eigenvalue weighted by Gasteiger charge is 2.59. The Morgan fingerprint density at radius 3 is 2.59 bits per heavy atom. The van der Waals surface area contributed by atoms with Crippen molar-refractivity contribution in [1.82, 2.24) is 0 Å². The van der Waals surface area contributed by atoms with Gasteiger partial charge in [-0.1, -0.05) is 52.0 Å². The molecule has 3 atom stereocenters. The van der Waals surface area contributed by atoms with Crippen LogP contribution in [0, 0.1) is 5.41 Å². The van der Waals surface area contributed by atoms with Crippen molar-refractivity contribution >= 4 is 0 Å². The number of hydrogen-bond acceptors (Lipinski definition) is 3. The summed E-state index contributed by atoms with van der Waals surface area (Å²) in [6, 6.07) is 8.27. The Hall–Kier alpha value is -0.900. The second kappa shape index (κ2) is 3.31. The van der Waals surface area contributed by atoms with Gasteiger partial charge in [-0.3, -0.25) is 0 Å². The van der Waals surface area contributed by atoms with Gasteiger partial charge in [-0.25, -0.2) is 4.89 Å². The first-order valence-corrected chi connectivity index (χ1v) is 6.07. The highest BCUT2D eigenvalue weighted by Crippen LogP contribution is 2.55. The summed E-state index contributed by atoms with van der Waals surface area (Å²) in [5, 5.41) is 0. The largest absolute Gasteiger partial charge is 0.310 e. The van der Waals surface area contributed by atoms with Gasteiger partial charge < -0.3 is 4.74 Å². The van der Waals surface area contributed by atoms with Gasteiger partial charge in [-0.05, 0) is 5.56 Å². The van der Waals surface area contributed by atoms with E-state index in [1.165, 1.54) is 5.56 Å². The molecule has 1 saturated heterocycles. The molecule has 3 rings (SSSR count). The Labute approximate surface area is 102 Å². The Morgan fingerprint density at radius 1 is 1.18 bits per heavy atom. The minimum absolute atomic E-state index is 0.183. The summed E-state index contributed by atoms with van der Waals surface area (Å²) < 4.78 is 6.04. The van der Waals surface area contributed by atoms with Gasteiger partial charge in [-0.2, -0.15) is 4.89 Å². The Kier molecular flexibility index (Phi) is 2.18. The average Bonchev–Trinajstić information content (AvgIpc) is 2.69. The van der Waals surface area contributed by atoms with Gasteiger partial charge in [0.1, 0.15) is 0 Å². The summed E-state index contributed by atoms with van der Waals surface area (Å²) in [5.41, 5.74) is 2.17. The quantitative estimate of drug-likeness (QED) is 0.644. The molecule has 0 amide bonds. The summed E-state index contributed by atoms with van der Waals surface area (Å²) in [7, 11) is 0. The van der Waals surface area contributed by atoms with E-state index >= 15 is 0 Å². The van der Waals surface area contributed by atoms with Crippen LogP contribution >= 0.6 is 0 Å². The molecule has 1 aromatic rings. The van der Waals surface area contributed by atoms with Gasteiger partial charge in [-0.15, -0.1) is 0 Å². The lowest BCUT2D eigenvalue weighted by molar-refractivity contribution is -0.360. The zero-order valence-electron chi connectivity index (χ0n) is 10.7. The van der Waals surface area contributed by atoms with Crippen LogP contribution in [0.4, 0.5) is 0 Å². The van der Waals surface area contributed by atoms with Crippen molar-refractivity contribution in [2.75, 3.05) is 0 Å². The van der Waals surface area contributed by atoms with Crippen LogP contribution in [-0.2, 0) is 20.3 Å². The summed E-state index contributed by atoms with van der Waals surface area (Å²) in [6.45, 7) is 8.41. The molecule has 0 N–H and O–H groups in total. The smallest absolute Gasteiger partial charge is 0.235 e. The lowest BCUT2D eigenvalue weighted by Crippen LogP contribution is -2.45. The molecule has 2 aliphatic heterocycles. The maximum absolute atomic E-state index is 6.04. The van der Waals surface area contributed by atoms with Gasteiger partial charge in [0, 0.05) is 16.9 Å². The van der Waals surface area contributed by atoms with Gasteiger partial charge in [0.15, 0.2) is 0 Å². The van der Waals surface area contributed by atoms with Crippen LogP contribution in [0.1, 0.15) is 44.7 Å². The van der Waals surface area contributed by atoms with Crippen LogP contribution in [0.15, 0.2) is 24.3 Å². The zero-order chi connectivity index (χ0) is 12.3. The maximum Gasteiger partial charge on any atom is 0.235 e. The average molecular weight is 234 g/mol. The van der Waals surface area contributed by atoms with Crippen LogP contribution in [0.5, 0.6) is 0 Å². The van der Waals surface area contributed by atoms with Crippen molar-refractivity contribution in [3.05, 3.63) is 35.4 Å². The fourth-order valence-electron chi connectivity index (χ4n) is 2.66. The monoisotopic (exact) mass is 234 g/mol. The molecule has 2 bridgehead atoms. The molecule has 0 unspecified atom stereocenters. The van der Waals surface area contributed by atoms with Crippen molar-refractivity contribution in [2.24, 2.45) is 5.41 Å². The van der Waals surface area contributed by atoms with Gasteiger partial charge in [0.25, 0.3) is 0 Å². The first-order valence-electron chi connectivity index (χ1n) is 6.07. The van der Waals surface area contributed by atoms with E-state index < -0.39 is 5.79 Å². The normalized spacial score (nSPS) is 35.8. The molecule has 1 fully saturated rings. The molecule has 0 spiro atoms. The fourth-order valence-corrected chi connectivity index (χ4v) is 2.66. The number of benzene rings is 1. The minimum atomic E-state index is -0.777. The molecular formula is C14H18O3. The van der Waals surface area contributed by atoms with Crippen LogP contribution < -0.4 is 0 Å². The Morgan fingerprint density at radius 2 is 1.88 bits per heavy atom. The molecule has 1 aromatic carbocycles. The third-order valence-electron chi connectivity index (χ3n) is 3.74. The van der Waals surface area contributed by atoms with Crippen molar-refractivity contribution in [1.29, 1.82) is 0 Å². The van der Waals surface area contributed by atoms with E-state index in [1.807, 2.05) is 6.07 Å². The molecule has 0 aromatic heterocycles. The molecule has 2 heterocycles. The van der Waals surface area contributed by atoms with E-state index in [0.29, 0.717) is 0 Å². The Balaban J connectivity index is 2.23. The van der Waals surface area contributed by atoms with E-state index in [0.717, 1.165) is 5.56 Å². The number of fused-ring (bicyclic) bond motifs is 4. The fraction of sp³-hybridized carbons (Fsp3) is 0.571. The number of hydrogen-bond donors (Lipinski definition) is 0. The molecule has 2 aliphatic rings. The van der Waals surface area contributed by atoms with Crippen LogP contribution in [0.2, 0.25) is 0 Å². The highest BCUT2D eigenvalue weighted by molar-refractivity contribution is 5.37. The second-order valence-corrected chi connectivity index (χ2v) is 5.91. The summed E-state index contributed by atoms with van der Waals surface area (Å²) >= 11 is 0. The molecule has 0 aliphatic carbocycles. The third kappa shape index (κ3) is 1.33. The summed E-state index contributed by atoms with van der Waals surface area (Å²) in [4.78, 5) is 11.0. The van der Waals surface area contributed by atoms with Crippen molar-refractivity contribution < 1.29 is 14.5 Å². The number of rotatable bonds is 0. The maximum atomic E-state index is 6.04.